The average Bonchev–Trinajstić information content (AvgIpc) is 2.85. The minimum atomic E-state index is -0.890. The van der Waals surface area contributed by atoms with E-state index in [1.165, 1.54) is 31.7 Å². The van der Waals surface area contributed by atoms with E-state index in [4.69, 9.17) is 0 Å². The van der Waals surface area contributed by atoms with Crippen molar-refractivity contribution >= 4 is 0 Å². The summed E-state index contributed by atoms with van der Waals surface area (Å²) in [5.74, 6) is 0.474. The molecule has 4 rings (SSSR count). The van der Waals surface area contributed by atoms with Crippen LogP contribution >= 0.6 is 0 Å². The van der Waals surface area contributed by atoms with Gasteiger partial charge in [0.2, 0.25) is 0 Å². The Morgan fingerprint density at radius 1 is 0.912 bits per heavy atom. The molecule has 0 aromatic heterocycles. The molecule has 0 amide bonds. The summed E-state index contributed by atoms with van der Waals surface area (Å²) in [6.45, 7) is 5.76. The first-order chi connectivity index (χ1) is 16.5. The Morgan fingerprint density at radius 3 is 2.47 bits per heavy atom. The second kappa shape index (κ2) is 11.4. The zero-order chi connectivity index (χ0) is 24.1. The molecule has 34 heavy (non-hydrogen) atoms. The fourth-order valence-corrected chi connectivity index (χ4v) is 6.32. The molecule has 0 nitrogen and oxygen atoms in total. The van der Waals surface area contributed by atoms with Gasteiger partial charge in [-0.1, -0.05) is 48.9 Å². The molecule has 4 atom stereocenters. The fourth-order valence-electron chi connectivity index (χ4n) is 6.32. The number of benzene rings is 2. The first-order valence-corrected chi connectivity index (χ1v) is 13.0. The third kappa shape index (κ3) is 5.50. The van der Waals surface area contributed by atoms with Gasteiger partial charge >= 0.3 is 0 Å². The fraction of sp³-hybridized carbons (Fsp3) is 0.484. The van der Waals surface area contributed by atoms with E-state index < -0.39 is 11.6 Å². The van der Waals surface area contributed by atoms with Gasteiger partial charge < -0.3 is 0 Å². The van der Waals surface area contributed by atoms with Crippen molar-refractivity contribution in [1.82, 2.24) is 0 Å². The summed E-state index contributed by atoms with van der Waals surface area (Å²) >= 11 is 0. The highest BCUT2D eigenvalue weighted by atomic mass is 19.2. The van der Waals surface area contributed by atoms with Crippen molar-refractivity contribution in [2.75, 3.05) is 0 Å². The van der Waals surface area contributed by atoms with Gasteiger partial charge in [0.1, 0.15) is 5.82 Å². The molecule has 0 radical (unpaired) electrons. The Morgan fingerprint density at radius 2 is 1.71 bits per heavy atom. The van der Waals surface area contributed by atoms with E-state index in [9.17, 15) is 8.78 Å². The maximum absolute atomic E-state index is 15.2. The predicted octanol–water partition coefficient (Wildman–Crippen LogP) is 9.55. The van der Waals surface area contributed by atoms with E-state index in [-0.39, 0.29) is 17.3 Å². The Bertz CT molecular complexity index is 1020. The van der Waals surface area contributed by atoms with Gasteiger partial charge in [-0.05, 0) is 111 Å². The minimum absolute atomic E-state index is 0.124. The normalized spacial score (nSPS) is 24.8. The van der Waals surface area contributed by atoms with Gasteiger partial charge in [0.05, 0.1) is 0 Å². The molecule has 2 aliphatic rings. The zero-order valence-electron chi connectivity index (χ0n) is 20.3. The van der Waals surface area contributed by atoms with Crippen LogP contribution in [0.2, 0.25) is 0 Å². The molecule has 182 valence electrons. The molecule has 0 spiro atoms. The van der Waals surface area contributed by atoms with Crippen LogP contribution in [0.5, 0.6) is 0 Å². The van der Waals surface area contributed by atoms with E-state index in [0.29, 0.717) is 29.9 Å². The van der Waals surface area contributed by atoms with Gasteiger partial charge in [0, 0.05) is 5.56 Å². The number of allylic oxidation sites excluding steroid dienone is 3. The van der Waals surface area contributed by atoms with Crippen LogP contribution in [0, 0.1) is 35.2 Å². The van der Waals surface area contributed by atoms with Crippen molar-refractivity contribution in [1.29, 1.82) is 0 Å². The monoisotopic (exact) mass is 466 g/mol. The molecule has 0 N–H and O–H groups in total. The molecule has 3 heteroatoms. The van der Waals surface area contributed by atoms with Gasteiger partial charge in [-0.2, -0.15) is 0 Å². The third-order valence-electron chi connectivity index (χ3n) is 8.23. The predicted molar refractivity (Wildman–Crippen MR) is 135 cm³/mol. The van der Waals surface area contributed by atoms with Gasteiger partial charge in [-0.3, -0.25) is 0 Å². The Labute approximate surface area is 203 Å². The summed E-state index contributed by atoms with van der Waals surface area (Å²) in [5, 5.41) is 0. The van der Waals surface area contributed by atoms with Gasteiger partial charge in [-0.15, -0.1) is 6.58 Å². The van der Waals surface area contributed by atoms with Crippen LogP contribution in [0.1, 0.15) is 81.8 Å². The lowest BCUT2D eigenvalue weighted by atomic mass is 9.63. The van der Waals surface area contributed by atoms with Crippen LogP contribution < -0.4 is 0 Å². The zero-order valence-corrected chi connectivity index (χ0v) is 20.3. The first kappa shape index (κ1) is 24.8. The maximum Gasteiger partial charge on any atom is 0.166 e. The van der Waals surface area contributed by atoms with Crippen LogP contribution in [0.3, 0.4) is 0 Å². The molecule has 0 aliphatic heterocycles. The molecule has 0 heterocycles. The van der Waals surface area contributed by atoms with Crippen molar-refractivity contribution in [2.45, 2.75) is 77.0 Å². The van der Waals surface area contributed by atoms with Crippen LogP contribution in [0.4, 0.5) is 13.2 Å². The Hall–Kier alpha value is -2.29. The van der Waals surface area contributed by atoms with Crippen LogP contribution in [0.25, 0.3) is 11.1 Å². The van der Waals surface area contributed by atoms with Crippen molar-refractivity contribution in [3.8, 4) is 11.1 Å². The van der Waals surface area contributed by atoms with Crippen molar-refractivity contribution < 1.29 is 13.2 Å². The smallest absolute Gasteiger partial charge is 0.166 e. The quantitative estimate of drug-likeness (QED) is 0.340. The van der Waals surface area contributed by atoms with Gasteiger partial charge in [-0.25, -0.2) is 13.2 Å². The van der Waals surface area contributed by atoms with Crippen molar-refractivity contribution in [3.63, 3.8) is 0 Å². The number of fused-ring (bicyclic) bond motifs is 1. The summed E-state index contributed by atoms with van der Waals surface area (Å²) in [5.41, 5.74) is 1.61. The lowest BCUT2D eigenvalue weighted by Crippen LogP contribution is -2.30. The number of hydrogen-bond acceptors (Lipinski definition) is 0. The molecular formula is C31H37F3. The van der Waals surface area contributed by atoms with Gasteiger partial charge in [0.25, 0.3) is 0 Å². The largest absolute Gasteiger partial charge is 0.207 e. The van der Waals surface area contributed by atoms with Crippen molar-refractivity contribution in [2.24, 2.45) is 17.8 Å². The second-order valence-corrected chi connectivity index (χ2v) is 10.3. The summed E-state index contributed by atoms with van der Waals surface area (Å²) in [4.78, 5) is 0. The molecule has 0 bridgehead atoms. The van der Waals surface area contributed by atoms with E-state index in [0.717, 1.165) is 43.1 Å². The van der Waals surface area contributed by atoms with E-state index in [2.05, 4.69) is 6.58 Å². The number of halogens is 3. The molecule has 2 fully saturated rings. The van der Waals surface area contributed by atoms with Crippen LogP contribution in [-0.4, -0.2) is 0 Å². The van der Waals surface area contributed by atoms with E-state index in [1.807, 2.05) is 31.2 Å². The highest BCUT2D eigenvalue weighted by molar-refractivity contribution is 5.65. The number of rotatable bonds is 8. The highest BCUT2D eigenvalue weighted by Gasteiger charge is 2.36. The van der Waals surface area contributed by atoms with Crippen LogP contribution in [0.15, 0.2) is 55.1 Å². The molecule has 2 aliphatic carbocycles. The highest BCUT2D eigenvalue weighted by Crippen LogP contribution is 2.49. The SMILES string of the molecule is C=CCCC1CCC2CC(c3ccc(-c4ccc(CC/C=C/C)c(F)c4F)cc3F)CCC2C1. The molecule has 2 aromatic rings. The standard InChI is InChI=1S/C31H37F3/c1-3-5-7-9-22-14-17-28(31(34)30(22)33)26-15-16-27(29(32)20-26)25-13-12-23-18-21(8-6-4-2)10-11-24(23)19-25/h3-5,14-17,20-21,23-25H,2,6-13,18-19H2,1H3/b5-3+. The number of aryl methyl sites for hydroxylation is 1. The van der Waals surface area contributed by atoms with E-state index >= 15 is 4.39 Å². The van der Waals surface area contributed by atoms with Crippen LogP contribution in [-0.2, 0) is 6.42 Å². The molecular weight excluding hydrogens is 429 g/mol. The maximum atomic E-state index is 15.2. The Balaban J connectivity index is 1.45. The lowest BCUT2D eigenvalue weighted by Gasteiger charge is -2.42. The summed E-state index contributed by atoms with van der Waals surface area (Å²) < 4.78 is 44.6. The summed E-state index contributed by atoms with van der Waals surface area (Å²) in [7, 11) is 0. The topological polar surface area (TPSA) is 0 Å². The van der Waals surface area contributed by atoms with Gasteiger partial charge in [0.15, 0.2) is 11.6 Å². The summed E-state index contributed by atoms with van der Waals surface area (Å²) in [6.07, 6.45) is 16.4. The molecule has 0 saturated heterocycles. The minimum Gasteiger partial charge on any atom is -0.207 e. The lowest BCUT2D eigenvalue weighted by molar-refractivity contribution is 0.114. The first-order valence-electron chi connectivity index (χ1n) is 13.0. The number of hydrogen-bond donors (Lipinski definition) is 0. The third-order valence-corrected chi connectivity index (χ3v) is 8.23. The summed E-state index contributed by atoms with van der Waals surface area (Å²) in [6, 6.07) is 8.16. The van der Waals surface area contributed by atoms with Crippen molar-refractivity contribution in [3.05, 3.63) is 83.7 Å². The average molecular weight is 467 g/mol. The van der Waals surface area contributed by atoms with E-state index in [1.54, 1.807) is 18.2 Å². The molecule has 4 unspecified atom stereocenters. The molecule has 2 saturated carbocycles. The Kier molecular flexibility index (Phi) is 8.34. The second-order valence-electron chi connectivity index (χ2n) is 10.3. The molecule has 2 aromatic carbocycles.